The average Bonchev–Trinajstić information content (AvgIpc) is 3.04. The first-order valence-electron chi connectivity index (χ1n) is 7.95. The summed E-state index contributed by atoms with van der Waals surface area (Å²) in [7, 11) is 0. The number of nitrogens with zero attached hydrogens (tertiary/aromatic N) is 4. The molecule has 3 aromatic rings. The van der Waals surface area contributed by atoms with E-state index in [-0.39, 0.29) is 5.57 Å². The van der Waals surface area contributed by atoms with Crippen molar-refractivity contribution in [3.05, 3.63) is 66.0 Å². The highest BCUT2D eigenvalue weighted by atomic mass is 15.3. The lowest BCUT2D eigenvalue weighted by molar-refractivity contribution is 0.910. The van der Waals surface area contributed by atoms with Gasteiger partial charge in [-0.3, -0.25) is 9.99 Å². The summed E-state index contributed by atoms with van der Waals surface area (Å²) in [6.45, 7) is 2.00. The molecule has 0 bridgehead atoms. The zero-order valence-corrected chi connectivity index (χ0v) is 13.8. The molecule has 0 aliphatic heterocycles. The number of anilines is 1. The van der Waals surface area contributed by atoms with E-state index in [1.807, 2.05) is 66.1 Å². The molecule has 6 heteroatoms. The molecule has 25 heavy (non-hydrogen) atoms. The maximum atomic E-state index is 9.49. The number of benzene rings is 2. The maximum absolute atomic E-state index is 9.49. The number of rotatable bonds is 5. The number of nitrogens with two attached hydrogens (primary N) is 1. The van der Waals surface area contributed by atoms with E-state index in [0.29, 0.717) is 12.2 Å². The number of hydrogen-bond acceptors (Lipinski definition) is 5. The normalized spacial score (nSPS) is 12.2. The van der Waals surface area contributed by atoms with Crippen molar-refractivity contribution in [2.24, 2.45) is 10.8 Å². The topological polar surface area (TPSA) is 92.0 Å². The summed E-state index contributed by atoms with van der Waals surface area (Å²) in [6, 6.07) is 19.3. The molecule has 0 amide bonds. The number of hydrogen-bond donors (Lipinski definition) is 2. The Morgan fingerprint density at radius 1 is 1.24 bits per heavy atom. The molecule has 0 radical (unpaired) electrons. The summed E-state index contributed by atoms with van der Waals surface area (Å²) in [4.78, 5) is 4.58. The highest BCUT2D eigenvalue weighted by molar-refractivity contribution is 5.93. The monoisotopic (exact) mass is 330 g/mol. The Hall–Kier alpha value is -3.59. The third-order valence-corrected chi connectivity index (χ3v) is 3.74. The van der Waals surface area contributed by atoms with Crippen LogP contribution in [-0.4, -0.2) is 15.8 Å². The summed E-state index contributed by atoms with van der Waals surface area (Å²) in [5.41, 5.74) is 12.0. The van der Waals surface area contributed by atoms with E-state index < -0.39 is 0 Å². The van der Waals surface area contributed by atoms with E-state index in [2.05, 4.69) is 21.6 Å². The number of nitrogens with one attached hydrogen (secondary N) is 1. The molecule has 0 saturated heterocycles. The predicted octanol–water partition coefficient (Wildman–Crippen LogP) is 3.35. The molecule has 124 valence electrons. The quantitative estimate of drug-likeness (QED) is 0.426. The minimum Gasteiger partial charge on any atom is -0.384 e. The van der Waals surface area contributed by atoms with Gasteiger partial charge in [0.05, 0.1) is 22.9 Å². The minimum atomic E-state index is 0.265. The van der Waals surface area contributed by atoms with Crippen molar-refractivity contribution in [2.45, 2.75) is 13.3 Å². The number of allylic oxidation sites excluding steroid dienone is 1. The highest BCUT2D eigenvalue weighted by Crippen LogP contribution is 2.20. The largest absolute Gasteiger partial charge is 0.384 e. The van der Waals surface area contributed by atoms with Gasteiger partial charge in [-0.2, -0.15) is 10.4 Å². The van der Waals surface area contributed by atoms with Gasteiger partial charge >= 0.3 is 0 Å². The molecule has 3 N–H and O–H groups in total. The Bertz CT molecular complexity index is 976. The van der Waals surface area contributed by atoms with E-state index in [1.54, 1.807) is 0 Å². The van der Waals surface area contributed by atoms with Gasteiger partial charge in [0, 0.05) is 6.42 Å². The van der Waals surface area contributed by atoms with Crippen LogP contribution in [0.3, 0.4) is 0 Å². The number of nitriles is 1. The first-order chi connectivity index (χ1) is 12.2. The molecule has 0 aliphatic carbocycles. The fraction of sp³-hybridized carbons (Fsp3) is 0.105. The van der Waals surface area contributed by atoms with Crippen molar-refractivity contribution in [1.82, 2.24) is 9.55 Å². The summed E-state index contributed by atoms with van der Waals surface area (Å²) in [6.07, 6.45) is 2.13. The smallest absolute Gasteiger partial charge is 0.129 e. The zero-order valence-electron chi connectivity index (χ0n) is 13.8. The lowest BCUT2D eigenvalue weighted by Crippen LogP contribution is -2.13. The first-order valence-corrected chi connectivity index (χ1v) is 7.95. The predicted molar refractivity (Wildman–Crippen MR) is 101 cm³/mol. The van der Waals surface area contributed by atoms with Crippen molar-refractivity contribution in [1.29, 1.82) is 5.26 Å². The van der Waals surface area contributed by atoms with Crippen LogP contribution in [0.5, 0.6) is 0 Å². The Kier molecular flexibility index (Phi) is 4.77. The maximum Gasteiger partial charge on any atom is 0.129 e. The SMILES string of the molecule is CCc1nc2ccccc2n1/C(N)=C(C#N)\C=N\Nc1ccccc1. The molecule has 0 atom stereocenters. The third kappa shape index (κ3) is 3.35. The number of fused-ring (bicyclic) bond motifs is 1. The lowest BCUT2D eigenvalue weighted by Gasteiger charge is -2.09. The third-order valence-electron chi connectivity index (χ3n) is 3.74. The Morgan fingerprint density at radius 3 is 2.68 bits per heavy atom. The molecular weight excluding hydrogens is 312 g/mol. The molecule has 3 rings (SSSR count). The summed E-state index contributed by atoms with van der Waals surface area (Å²) in [5.74, 6) is 1.11. The van der Waals surface area contributed by atoms with Crippen molar-refractivity contribution < 1.29 is 0 Å². The molecule has 6 nitrogen and oxygen atoms in total. The molecular formula is C19H18N6. The van der Waals surface area contributed by atoms with Crippen molar-refractivity contribution >= 4 is 28.8 Å². The van der Waals surface area contributed by atoms with Crippen LogP contribution < -0.4 is 11.2 Å². The number of para-hydroxylation sites is 3. The fourth-order valence-corrected chi connectivity index (χ4v) is 2.54. The Balaban J connectivity index is 1.98. The van der Waals surface area contributed by atoms with Crippen molar-refractivity contribution in [2.75, 3.05) is 5.43 Å². The first kappa shape index (κ1) is 16.3. The molecule has 1 heterocycles. The number of hydrazone groups is 1. The number of aryl methyl sites for hydroxylation is 1. The molecule has 0 saturated carbocycles. The lowest BCUT2D eigenvalue weighted by atomic mass is 10.3. The number of aromatic nitrogens is 2. The molecule has 2 aromatic carbocycles. The van der Waals surface area contributed by atoms with Crippen LogP contribution in [0.2, 0.25) is 0 Å². The van der Waals surface area contributed by atoms with Gasteiger partial charge in [-0.25, -0.2) is 4.98 Å². The van der Waals surface area contributed by atoms with Crippen LogP contribution in [0.4, 0.5) is 5.69 Å². The fourth-order valence-electron chi connectivity index (χ4n) is 2.54. The molecule has 0 fully saturated rings. The van der Waals surface area contributed by atoms with Crippen molar-refractivity contribution in [3.63, 3.8) is 0 Å². The second-order valence-electron chi connectivity index (χ2n) is 5.35. The molecule has 1 aromatic heterocycles. The van der Waals surface area contributed by atoms with E-state index in [4.69, 9.17) is 5.73 Å². The standard InChI is InChI=1S/C19H18N6/c1-2-18-23-16-10-6-7-11-17(16)25(18)19(21)14(12-20)13-22-24-15-8-4-3-5-9-15/h3-11,13,24H,2,21H2,1H3/b19-14-,22-13+. The van der Waals surface area contributed by atoms with Crippen LogP contribution >= 0.6 is 0 Å². The second-order valence-corrected chi connectivity index (χ2v) is 5.35. The highest BCUT2D eigenvalue weighted by Gasteiger charge is 2.13. The van der Waals surface area contributed by atoms with E-state index in [0.717, 1.165) is 22.5 Å². The molecule has 0 unspecified atom stereocenters. The van der Waals surface area contributed by atoms with Gasteiger partial charge in [0.2, 0.25) is 0 Å². The van der Waals surface area contributed by atoms with Gasteiger partial charge in [0.15, 0.2) is 0 Å². The summed E-state index contributed by atoms with van der Waals surface area (Å²) in [5, 5.41) is 13.6. The minimum absolute atomic E-state index is 0.265. The number of imidazole rings is 1. The average molecular weight is 330 g/mol. The van der Waals surface area contributed by atoms with Gasteiger partial charge in [-0.05, 0) is 24.3 Å². The zero-order chi connectivity index (χ0) is 17.6. The van der Waals surface area contributed by atoms with Crippen LogP contribution in [0.25, 0.3) is 16.9 Å². The second kappa shape index (κ2) is 7.32. The van der Waals surface area contributed by atoms with Gasteiger partial charge in [-0.15, -0.1) is 0 Å². The molecule has 0 spiro atoms. The van der Waals surface area contributed by atoms with Crippen LogP contribution in [0.1, 0.15) is 12.7 Å². The van der Waals surface area contributed by atoms with Crippen molar-refractivity contribution in [3.8, 4) is 6.07 Å². The van der Waals surface area contributed by atoms with Gasteiger partial charge in [-0.1, -0.05) is 37.3 Å². The summed E-state index contributed by atoms with van der Waals surface area (Å²) < 4.78 is 1.81. The van der Waals surface area contributed by atoms with Crippen LogP contribution in [0.15, 0.2) is 65.3 Å². The Morgan fingerprint density at radius 2 is 1.96 bits per heavy atom. The van der Waals surface area contributed by atoms with Gasteiger partial charge in [0.1, 0.15) is 23.3 Å². The molecule has 0 aliphatic rings. The van der Waals surface area contributed by atoms with Crippen LogP contribution in [0, 0.1) is 11.3 Å². The van der Waals surface area contributed by atoms with Gasteiger partial charge in [0.25, 0.3) is 0 Å². The van der Waals surface area contributed by atoms with E-state index in [1.165, 1.54) is 6.21 Å². The summed E-state index contributed by atoms with van der Waals surface area (Å²) >= 11 is 0. The van der Waals surface area contributed by atoms with Crippen LogP contribution in [-0.2, 0) is 6.42 Å². The van der Waals surface area contributed by atoms with E-state index >= 15 is 0 Å². The van der Waals surface area contributed by atoms with E-state index in [9.17, 15) is 5.26 Å². The van der Waals surface area contributed by atoms with Gasteiger partial charge < -0.3 is 5.73 Å². The Labute approximate surface area is 145 Å².